The quantitative estimate of drug-likeness (QED) is 0.145. The molecule has 0 atom stereocenters. The lowest BCUT2D eigenvalue weighted by atomic mass is 10.1. The van der Waals surface area contributed by atoms with Crippen LogP contribution in [-0.4, -0.2) is 18.2 Å². The molecule has 0 saturated heterocycles. The minimum Gasteiger partial charge on any atom is -1.00 e. The van der Waals surface area contributed by atoms with Crippen molar-refractivity contribution in [3.63, 3.8) is 0 Å². The highest BCUT2D eigenvalue weighted by atomic mass is 79.9. The average molecular weight is 625 g/mol. The number of para-hydroxylation sites is 1. The van der Waals surface area contributed by atoms with Crippen molar-refractivity contribution in [2.45, 2.75) is 6.16 Å². The summed E-state index contributed by atoms with van der Waals surface area (Å²) in [4.78, 5) is 11.9. The summed E-state index contributed by atoms with van der Waals surface area (Å²) < 4.78 is 11.3. The van der Waals surface area contributed by atoms with E-state index in [1.54, 1.807) is 18.2 Å². The lowest BCUT2D eigenvalue weighted by Gasteiger charge is -2.28. The molecule has 0 heterocycles. The Hall–Kier alpha value is -4.18. The maximum absolute atomic E-state index is 11.9. The van der Waals surface area contributed by atoms with Crippen LogP contribution in [0.2, 0.25) is 0 Å². The Kier molecular flexibility index (Phi) is 10.1. The second kappa shape index (κ2) is 13.9. The summed E-state index contributed by atoms with van der Waals surface area (Å²) in [6, 6.07) is 47.4. The second-order valence-corrected chi connectivity index (χ2v) is 12.8. The van der Waals surface area contributed by atoms with E-state index in [1.165, 1.54) is 29.3 Å². The average Bonchev–Trinajstić information content (AvgIpc) is 3.00. The van der Waals surface area contributed by atoms with Gasteiger partial charge in [-0.3, -0.25) is 0 Å². The fourth-order valence-corrected chi connectivity index (χ4v) is 9.23. The zero-order valence-corrected chi connectivity index (χ0v) is 25.0. The Bertz CT molecular complexity index is 1510. The van der Waals surface area contributed by atoms with Gasteiger partial charge in [-0.15, -0.1) is 0 Å². The molecule has 0 spiro atoms. The molecule has 5 aromatic rings. The van der Waals surface area contributed by atoms with Crippen molar-refractivity contribution in [3.05, 3.63) is 157 Å². The van der Waals surface area contributed by atoms with Crippen LogP contribution in [0.15, 0.2) is 146 Å². The van der Waals surface area contributed by atoms with Crippen LogP contribution < -0.4 is 37.6 Å². The summed E-state index contributed by atoms with van der Waals surface area (Å²) in [6.07, 6.45) is 2.02. The van der Waals surface area contributed by atoms with Gasteiger partial charge in [0.1, 0.15) is 40.2 Å². The third kappa shape index (κ3) is 6.59. The third-order valence-electron chi connectivity index (χ3n) is 6.78. The highest BCUT2D eigenvalue weighted by Crippen LogP contribution is 2.58. The first kappa shape index (κ1) is 29.8. The van der Waals surface area contributed by atoms with Crippen LogP contribution in [0.3, 0.4) is 0 Å². The molecule has 6 heteroatoms. The van der Waals surface area contributed by atoms with Crippen LogP contribution in [-0.2, 0) is 15.7 Å². The number of methoxy groups -OCH3 is 1. The van der Waals surface area contributed by atoms with Gasteiger partial charge in [-0.2, -0.15) is 0 Å². The van der Waals surface area contributed by atoms with Gasteiger partial charge in [0.25, 0.3) is 0 Å². The SMILES string of the molecule is COC=C(C(=O)O)c1ccccc1Oc1cccc(C[P+](c2ccccc2)(c2ccccc2)c2ccccc2)c1.[Br-]. The summed E-state index contributed by atoms with van der Waals surface area (Å²) in [6.45, 7) is 0. The van der Waals surface area contributed by atoms with E-state index in [9.17, 15) is 9.90 Å². The first-order valence-corrected chi connectivity index (χ1v) is 15.0. The Morgan fingerprint density at radius 2 is 1.22 bits per heavy atom. The van der Waals surface area contributed by atoms with Gasteiger partial charge in [0.15, 0.2) is 0 Å². The molecular formula is C35H30BrO4P. The molecular weight excluding hydrogens is 595 g/mol. The van der Waals surface area contributed by atoms with Crippen molar-refractivity contribution in [3.8, 4) is 11.5 Å². The van der Waals surface area contributed by atoms with Gasteiger partial charge >= 0.3 is 5.97 Å². The zero-order chi connectivity index (χ0) is 27.8. The lowest BCUT2D eigenvalue weighted by Crippen LogP contribution is -3.00. The van der Waals surface area contributed by atoms with Crippen molar-refractivity contribution in [2.75, 3.05) is 7.11 Å². The van der Waals surface area contributed by atoms with Crippen LogP contribution in [0.4, 0.5) is 0 Å². The van der Waals surface area contributed by atoms with E-state index in [1.807, 2.05) is 18.2 Å². The van der Waals surface area contributed by atoms with Gasteiger partial charge in [-0.05, 0) is 60.2 Å². The molecule has 5 aromatic carbocycles. The van der Waals surface area contributed by atoms with Crippen molar-refractivity contribution in [1.29, 1.82) is 0 Å². The third-order valence-corrected chi connectivity index (χ3v) is 11.2. The smallest absolute Gasteiger partial charge is 0.339 e. The molecule has 206 valence electrons. The van der Waals surface area contributed by atoms with E-state index in [2.05, 4.69) is 103 Å². The Morgan fingerprint density at radius 1 is 0.707 bits per heavy atom. The van der Waals surface area contributed by atoms with Crippen molar-refractivity contribution < 1.29 is 36.4 Å². The Balaban J connectivity index is 0.00000387. The molecule has 1 N–H and O–H groups in total. The molecule has 0 amide bonds. The van der Waals surface area contributed by atoms with E-state index >= 15 is 0 Å². The van der Waals surface area contributed by atoms with E-state index in [4.69, 9.17) is 9.47 Å². The number of rotatable bonds is 10. The van der Waals surface area contributed by atoms with Gasteiger partial charge in [0.2, 0.25) is 0 Å². The monoisotopic (exact) mass is 624 g/mol. The lowest BCUT2D eigenvalue weighted by molar-refractivity contribution is -0.130. The number of carboxylic acid groups (broad SMARTS) is 1. The summed E-state index contributed by atoms with van der Waals surface area (Å²) in [7, 11) is -0.656. The highest BCUT2D eigenvalue weighted by molar-refractivity contribution is 7.95. The topological polar surface area (TPSA) is 55.8 Å². The van der Waals surface area contributed by atoms with E-state index in [0.717, 1.165) is 11.7 Å². The number of ether oxygens (including phenoxy) is 2. The Morgan fingerprint density at radius 3 is 1.73 bits per heavy atom. The Labute approximate surface area is 252 Å². The van der Waals surface area contributed by atoms with Gasteiger partial charge in [-0.1, -0.05) is 84.9 Å². The number of hydrogen-bond donors (Lipinski definition) is 1. The molecule has 0 aliphatic rings. The predicted octanol–water partition coefficient (Wildman–Crippen LogP) is 4.05. The van der Waals surface area contributed by atoms with Crippen LogP contribution >= 0.6 is 7.26 Å². The molecule has 0 saturated carbocycles. The van der Waals surface area contributed by atoms with Crippen LogP contribution in [0.25, 0.3) is 5.57 Å². The van der Waals surface area contributed by atoms with Gasteiger partial charge < -0.3 is 31.6 Å². The molecule has 0 aromatic heterocycles. The minimum atomic E-state index is -2.08. The normalized spacial score (nSPS) is 11.3. The first-order valence-electron chi connectivity index (χ1n) is 13.0. The molecule has 0 unspecified atom stereocenters. The number of benzene rings is 5. The van der Waals surface area contributed by atoms with Gasteiger partial charge in [0.05, 0.1) is 19.5 Å². The van der Waals surface area contributed by atoms with E-state index in [0.29, 0.717) is 17.1 Å². The minimum absolute atomic E-state index is 0. The number of halogens is 1. The van der Waals surface area contributed by atoms with Crippen LogP contribution in [0.1, 0.15) is 11.1 Å². The maximum atomic E-state index is 11.9. The number of carboxylic acids is 1. The molecule has 5 rings (SSSR count). The standard InChI is InChI=1S/C35H29O4P.BrH/c1-38-25-33(35(36)37)32-22-11-12-23-34(32)39-28-15-13-14-27(24-28)26-40(29-16-5-2-6-17-29,30-18-7-3-8-19-30)31-20-9-4-10-21-31;/h2-25H,26H2,1H3;1H. The van der Waals surface area contributed by atoms with E-state index in [-0.39, 0.29) is 22.6 Å². The largest absolute Gasteiger partial charge is 1.00 e. The second-order valence-electron chi connectivity index (χ2n) is 9.29. The summed E-state index contributed by atoms with van der Waals surface area (Å²) in [5, 5.41) is 13.7. The van der Waals surface area contributed by atoms with Crippen molar-refractivity contribution >= 4 is 34.7 Å². The zero-order valence-electron chi connectivity index (χ0n) is 22.6. The fraction of sp³-hybridized carbons (Fsp3) is 0.0571. The molecule has 4 nitrogen and oxygen atoms in total. The molecule has 0 bridgehead atoms. The molecule has 0 aliphatic carbocycles. The fourth-order valence-electron chi connectivity index (χ4n) is 5.00. The number of aliphatic carboxylic acids is 1. The molecule has 0 radical (unpaired) electrons. The van der Waals surface area contributed by atoms with Crippen LogP contribution in [0.5, 0.6) is 11.5 Å². The summed E-state index contributed by atoms with van der Waals surface area (Å²) in [5.74, 6) is -0.00482. The molecule has 0 fully saturated rings. The summed E-state index contributed by atoms with van der Waals surface area (Å²) in [5.41, 5.74) is 1.60. The molecule has 41 heavy (non-hydrogen) atoms. The highest BCUT2D eigenvalue weighted by Gasteiger charge is 2.45. The van der Waals surface area contributed by atoms with E-state index < -0.39 is 13.2 Å². The number of carbonyl (C=O) groups is 1. The van der Waals surface area contributed by atoms with Crippen LogP contribution in [0, 0.1) is 0 Å². The summed E-state index contributed by atoms with van der Waals surface area (Å²) >= 11 is 0. The van der Waals surface area contributed by atoms with Crippen molar-refractivity contribution in [1.82, 2.24) is 0 Å². The van der Waals surface area contributed by atoms with Gasteiger partial charge in [0, 0.05) is 5.56 Å². The predicted molar refractivity (Wildman–Crippen MR) is 164 cm³/mol. The maximum Gasteiger partial charge on any atom is 0.339 e. The van der Waals surface area contributed by atoms with Gasteiger partial charge in [-0.25, -0.2) is 4.79 Å². The molecule has 0 aliphatic heterocycles. The number of hydrogen-bond acceptors (Lipinski definition) is 3. The van der Waals surface area contributed by atoms with Crippen molar-refractivity contribution in [2.24, 2.45) is 0 Å². The first-order chi connectivity index (χ1) is 19.6.